The van der Waals surface area contributed by atoms with Gasteiger partial charge >= 0.3 is 0 Å². The van der Waals surface area contributed by atoms with E-state index in [-0.39, 0.29) is 11.7 Å². The first-order valence-electron chi connectivity index (χ1n) is 9.72. The van der Waals surface area contributed by atoms with E-state index in [1.54, 1.807) is 18.3 Å². The Bertz CT molecular complexity index is 798. The van der Waals surface area contributed by atoms with Gasteiger partial charge in [0.05, 0.1) is 5.69 Å². The number of carbonyl (C=O) groups excluding carboxylic acids is 1. The third kappa shape index (κ3) is 3.89. The Morgan fingerprint density at radius 3 is 2.33 bits per heavy atom. The van der Waals surface area contributed by atoms with E-state index in [0.29, 0.717) is 11.3 Å². The molecule has 2 aliphatic heterocycles. The molecule has 2 aliphatic rings. The molecule has 0 unspecified atom stereocenters. The van der Waals surface area contributed by atoms with Crippen LogP contribution in [0.25, 0.3) is 0 Å². The van der Waals surface area contributed by atoms with Crippen LogP contribution in [0.5, 0.6) is 0 Å². The first kappa shape index (κ1) is 17.8. The molecule has 5 nitrogen and oxygen atoms in total. The summed E-state index contributed by atoms with van der Waals surface area (Å²) in [5, 5.41) is 0. The SMILES string of the molecule is O=C(c1ccnc(N2CCN(c3ccccc3F)CC2)c1)N1CCCCC1. The number of amides is 1. The zero-order chi connectivity index (χ0) is 18.6. The Kier molecular flexibility index (Phi) is 5.23. The maximum absolute atomic E-state index is 14.0. The number of anilines is 2. The lowest BCUT2D eigenvalue weighted by molar-refractivity contribution is 0.0724. The van der Waals surface area contributed by atoms with E-state index < -0.39 is 0 Å². The number of piperazine rings is 1. The van der Waals surface area contributed by atoms with Gasteiger partial charge in [-0.05, 0) is 43.5 Å². The molecule has 27 heavy (non-hydrogen) atoms. The number of nitrogens with zero attached hydrogens (tertiary/aromatic N) is 4. The van der Waals surface area contributed by atoms with E-state index in [4.69, 9.17) is 0 Å². The molecule has 0 aliphatic carbocycles. The number of rotatable bonds is 3. The summed E-state index contributed by atoms with van der Waals surface area (Å²) in [6, 6.07) is 10.6. The lowest BCUT2D eigenvalue weighted by Crippen LogP contribution is -2.47. The monoisotopic (exact) mass is 368 g/mol. The highest BCUT2D eigenvalue weighted by Gasteiger charge is 2.22. The molecule has 142 valence electrons. The molecule has 1 aromatic carbocycles. The maximum atomic E-state index is 14.0. The second kappa shape index (κ2) is 7.94. The Morgan fingerprint density at radius 2 is 1.59 bits per heavy atom. The predicted octanol–water partition coefficient (Wildman–Crippen LogP) is 3.17. The summed E-state index contributed by atoms with van der Waals surface area (Å²) in [7, 11) is 0. The minimum Gasteiger partial charge on any atom is -0.366 e. The average Bonchev–Trinajstić information content (AvgIpc) is 2.74. The van der Waals surface area contributed by atoms with Crippen LogP contribution in [0.3, 0.4) is 0 Å². The van der Waals surface area contributed by atoms with Gasteiger partial charge in [0.25, 0.3) is 5.91 Å². The molecule has 0 radical (unpaired) electrons. The molecule has 0 spiro atoms. The number of likely N-dealkylation sites (tertiary alicyclic amines) is 1. The van der Waals surface area contributed by atoms with Gasteiger partial charge in [0.1, 0.15) is 11.6 Å². The van der Waals surface area contributed by atoms with Gasteiger partial charge in [-0.15, -0.1) is 0 Å². The van der Waals surface area contributed by atoms with Crippen molar-refractivity contribution in [2.45, 2.75) is 19.3 Å². The number of benzene rings is 1. The van der Waals surface area contributed by atoms with Gasteiger partial charge in [0.2, 0.25) is 0 Å². The summed E-state index contributed by atoms with van der Waals surface area (Å²) in [6.45, 7) is 4.65. The van der Waals surface area contributed by atoms with Crippen LogP contribution in [0.4, 0.5) is 15.9 Å². The predicted molar refractivity (Wildman–Crippen MR) is 105 cm³/mol. The second-order valence-corrected chi connectivity index (χ2v) is 7.18. The van der Waals surface area contributed by atoms with Gasteiger partial charge in [-0.25, -0.2) is 9.37 Å². The van der Waals surface area contributed by atoms with Gasteiger partial charge < -0.3 is 14.7 Å². The Morgan fingerprint density at radius 1 is 0.889 bits per heavy atom. The molecular formula is C21H25FN4O. The summed E-state index contributed by atoms with van der Waals surface area (Å²) < 4.78 is 14.0. The van der Waals surface area contributed by atoms with Crippen LogP contribution in [-0.4, -0.2) is 55.1 Å². The quantitative estimate of drug-likeness (QED) is 0.834. The maximum Gasteiger partial charge on any atom is 0.254 e. The van der Waals surface area contributed by atoms with Gasteiger partial charge in [-0.2, -0.15) is 0 Å². The van der Waals surface area contributed by atoms with Crippen molar-refractivity contribution < 1.29 is 9.18 Å². The standard InChI is InChI=1S/C21H25FN4O/c22-18-6-2-3-7-19(18)24-12-14-25(15-13-24)20-16-17(8-9-23-20)21(27)26-10-4-1-5-11-26/h2-3,6-9,16H,1,4-5,10-15H2. The fraction of sp³-hybridized carbons (Fsp3) is 0.429. The summed E-state index contributed by atoms with van der Waals surface area (Å²) in [5.74, 6) is 0.743. The van der Waals surface area contributed by atoms with Crippen molar-refractivity contribution in [3.05, 3.63) is 54.0 Å². The highest BCUT2D eigenvalue weighted by molar-refractivity contribution is 5.94. The molecule has 4 rings (SSSR count). The lowest BCUT2D eigenvalue weighted by Gasteiger charge is -2.37. The van der Waals surface area contributed by atoms with Crippen LogP contribution in [0.15, 0.2) is 42.6 Å². The normalized spacial score (nSPS) is 17.9. The average molecular weight is 368 g/mol. The molecule has 2 aromatic rings. The first-order valence-corrected chi connectivity index (χ1v) is 9.72. The molecule has 0 atom stereocenters. The minimum absolute atomic E-state index is 0.100. The second-order valence-electron chi connectivity index (χ2n) is 7.18. The van der Waals surface area contributed by atoms with Crippen molar-refractivity contribution in [2.24, 2.45) is 0 Å². The molecule has 2 saturated heterocycles. The van der Waals surface area contributed by atoms with Gasteiger partial charge in [0.15, 0.2) is 0 Å². The lowest BCUT2D eigenvalue weighted by atomic mass is 10.1. The molecule has 2 fully saturated rings. The van der Waals surface area contributed by atoms with E-state index in [2.05, 4.69) is 14.8 Å². The number of piperidine rings is 1. The first-order chi connectivity index (χ1) is 13.2. The third-order valence-corrected chi connectivity index (χ3v) is 5.43. The van der Waals surface area contributed by atoms with E-state index in [1.807, 2.05) is 23.1 Å². The number of hydrogen-bond acceptors (Lipinski definition) is 4. The van der Waals surface area contributed by atoms with E-state index in [9.17, 15) is 9.18 Å². The van der Waals surface area contributed by atoms with Crippen LogP contribution in [0, 0.1) is 5.82 Å². The summed E-state index contributed by atoms with van der Waals surface area (Å²) >= 11 is 0. The fourth-order valence-corrected chi connectivity index (χ4v) is 3.89. The summed E-state index contributed by atoms with van der Waals surface area (Å²) in [5.41, 5.74) is 1.36. The largest absolute Gasteiger partial charge is 0.366 e. The molecule has 0 saturated carbocycles. The van der Waals surface area contributed by atoms with Crippen LogP contribution in [0.1, 0.15) is 29.6 Å². The zero-order valence-corrected chi connectivity index (χ0v) is 15.5. The number of para-hydroxylation sites is 1. The number of pyridine rings is 1. The number of carbonyl (C=O) groups is 1. The van der Waals surface area contributed by atoms with Gasteiger partial charge in [0, 0.05) is 51.0 Å². The van der Waals surface area contributed by atoms with Crippen LogP contribution >= 0.6 is 0 Å². The van der Waals surface area contributed by atoms with Crippen LogP contribution in [-0.2, 0) is 0 Å². The molecule has 0 bridgehead atoms. The molecule has 6 heteroatoms. The zero-order valence-electron chi connectivity index (χ0n) is 15.5. The minimum atomic E-state index is -0.182. The van der Waals surface area contributed by atoms with Gasteiger partial charge in [-0.3, -0.25) is 4.79 Å². The summed E-state index contributed by atoms with van der Waals surface area (Å²) in [6.07, 6.45) is 5.09. The van der Waals surface area contributed by atoms with Gasteiger partial charge in [-0.1, -0.05) is 12.1 Å². The van der Waals surface area contributed by atoms with Crippen molar-refractivity contribution in [1.29, 1.82) is 0 Å². The number of halogens is 1. The van der Waals surface area contributed by atoms with E-state index >= 15 is 0 Å². The topological polar surface area (TPSA) is 39.7 Å². The smallest absolute Gasteiger partial charge is 0.254 e. The highest BCUT2D eigenvalue weighted by atomic mass is 19.1. The van der Waals surface area contributed by atoms with Crippen molar-refractivity contribution in [3.8, 4) is 0 Å². The van der Waals surface area contributed by atoms with E-state index in [1.165, 1.54) is 12.5 Å². The fourth-order valence-electron chi connectivity index (χ4n) is 3.89. The van der Waals surface area contributed by atoms with Crippen LogP contribution < -0.4 is 9.80 Å². The highest BCUT2D eigenvalue weighted by Crippen LogP contribution is 2.23. The van der Waals surface area contributed by atoms with Crippen molar-refractivity contribution in [2.75, 3.05) is 49.1 Å². The molecule has 1 aromatic heterocycles. The number of hydrogen-bond donors (Lipinski definition) is 0. The van der Waals surface area contributed by atoms with Crippen molar-refractivity contribution in [1.82, 2.24) is 9.88 Å². The van der Waals surface area contributed by atoms with Crippen molar-refractivity contribution >= 4 is 17.4 Å². The Balaban J connectivity index is 1.43. The molecule has 1 amide bonds. The molecule has 3 heterocycles. The van der Waals surface area contributed by atoms with Crippen molar-refractivity contribution in [3.63, 3.8) is 0 Å². The van der Waals surface area contributed by atoms with Crippen LogP contribution in [0.2, 0.25) is 0 Å². The Hall–Kier alpha value is -2.63. The number of aromatic nitrogens is 1. The Labute approximate surface area is 159 Å². The third-order valence-electron chi connectivity index (χ3n) is 5.43. The molecule has 0 N–H and O–H groups in total. The van der Waals surface area contributed by atoms with E-state index in [0.717, 1.165) is 57.9 Å². The summed E-state index contributed by atoms with van der Waals surface area (Å²) in [4.78, 5) is 23.4. The molecular weight excluding hydrogens is 343 g/mol.